The van der Waals surface area contributed by atoms with Crippen molar-refractivity contribution in [2.75, 3.05) is 6.54 Å². The van der Waals surface area contributed by atoms with Crippen molar-refractivity contribution in [2.45, 2.75) is 109 Å². The number of hydrogen-bond acceptors (Lipinski definition) is 5. The van der Waals surface area contributed by atoms with E-state index < -0.39 is 53.6 Å². The Morgan fingerprint density at radius 2 is 1.79 bits per heavy atom. The molecule has 2 saturated heterocycles. The van der Waals surface area contributed by atoms with Crippen molar-refractivity contribution in [1.82, 2.24) is 15.5 Å². The van der Waals surface area contributed by atoms with Crippen LogP contribution in [0.3, 0.4) is 0 Å². The number of hydrogen-bond donors (Lipinski definition) is 2. The van der Waals surface area contributed by atoms with E-state index in [4.69, 9.17) is 0 Å². The molecular formula is C28H39F3N4O4. The summed E-state index contributed by atoms with van der Waals surface area (Å²) < 4.78 is 39.4. The Morgan fingerprint density at radius 1 is 1.15 bits per heavy atom. The zero-order valence-corrected chi connectivity index (χ0v) is 22.9. The molecule has 39 heavy (non-hydrogen) atoms. The van der Waals surface area contributed by atoms with Crippen LogP contribution >= 0.6 is 0 Å². The second-order valence-electron chi connectivity index (χ2n) is 13.2. The zero-order valence-electron chi connectivity index (χ0n) is 22.9. The van der Waals surface area contributed by atoms with Crippen LogP contribution in [0.15, 0.2) is 0 Å². The molecule has 5 atom stereocenters. The van der Waals surface area contributed by atoms with Crippen LogP contribution in [0.25, 0.3) is 0 Å². The highest BCUT2D eigenvalue weighted by molar-refractivity contribution is 5.93. The Bertz CT molecular complexity index is 1040. The summed E-state index contributed by atoms with van der Waals surface area (Å²) in [6.07, 6.45) is 0.969. The van der Waals surface area contributed by atoms with Crippen LogP contribution in [-0.4, -0.2) is 58.7 Å². The van der Waals surface area contributed by atoms with Crippen molar-refractivity contribution in [3.63, 3.8) is 0 Å². The number of alkyl halides is 3. The first-order chi connectivity index (χ1) is 18.1. The second-order valence-corrected chi connectivity index (χ2v) is 13.2. The summed E-state index contributed by atoms with van der Waals surface area (Å²) in [5.41, 5.74) is -1.11. The quantitative estimate of drug-likeness (QED) is 0.477. The summed E-state index contributed by atoms with van der Waals surface area (Å²) in [6.45, 7) is 5.08. The average molecular weight is 553 g/mol. The van der Waals surface area contributed by atoms with Crippen molar-refractivity contribution < 1.29 is 32.3 Å². The monoisotopic (exact) mass is 552 g/mol. The third-order valence-corrected chi connectivity index (χ3v) is 9.28. The molecule has 1 spiro atoms. The van der Waals surface area contributed by atoms with Gasteiger partial charge in [-0.3, -0.25) is 19.2 Å². The Morgan fingerprint density at radius 3 is 2.31 bits per heavy atom. The second kappa shape index (κ2) is 10.7. The first kappa shape index (κ1) is 29.3. The highest BCUT2D eigenvalue weighted by atomic mass is 19.4. The standard InChI is InChI=1S/C28H39F3N4O4/c1-26(2,3)20(12-22(36)28(29,30)31)25(39)35-15-18(16-6-4-5-7-16)11-21(35)24(38)33-19(14-32)10-17-13-27(8-9-27)34-23(17)37/h16-21H,4-13,15H2,1-3H3,(H,33,38)(H,34,37)/t17-,18-,19+,20-,21?/m1/s1. The Labute approximate surface area is 227 Å². The van der Waals surface area contributed by atoms with E-state index in [1.807, 2.05) is 0 Å². The first-order valence-electron chi connectivity index (χ1n) is 14.1. The fraction of sp³-hybridized carbons (Fsp3) is 0.821. The lowest BCUT2D eigenvalue weighted by atomic mass is 9.76. The number of likely N-dealkylation sites (tertiary alicyclic amines) is 1. The minimum absolute atomic E-state index is 0.0157. The molecule has 2 aliphatic carbocycles. The van der Waals surface area contributed by atoms with Gasteiger partial charge in [0.15, 0.2) is 0 Å². The maximum Gasteiger partial charge on any atom is 0.449 e. The minimum Gasteiger partial charge on any atom is -0.350 e. The van der Waals surface area contributed by atoms with Crippen molar-refractivity contribution >= 4 is 23.5 Å². The normalized spacial score (nSPS) is 28.2. The number of nitrogens with zero attached hydrogens (tertiary/aromatic N) is 2. The maximum atomic E-state index is 13.8. The number of halogens is 3. The van der Waals surface area contributed by atoms with E-state index in [-0.39, 0.29) is 36.2 Å². The lowest BCUT2D eigenvalue weighted by molar-refractivity contribution is -0.174. The van der Waals surface area contributed by atoms with Crippen LogP contribution in [0.5, 0.6) is 0 Å². The molecule has 2 aliphatic heterocycles. The number of carbonyl (C=O) groups is 4. The molecule has 0 aromatic carbocycles. The van der Waals surface area contributed by atoms with E-state index in [9.17, 15) is 37.6 Å². The zero-order chi connectivity index (χ0) is 28.8. The van der Waals surface area contributed by atoms with Crippen molar-refractivity contribution in [3.05, 3.63) is 0 Å². The van der Waals surface area contributed by atoms with E-state index in [0.717, 1.165) is 38.5 Å². The minimum atomic E-state index is -5.05. The van der Waals surface area contributed by atoms with Crippen LogP contribution in [-0.2, 0) is 19.2 Å². The number of Topliss-reactive ketones (excluding diaryl/α,β-unsaturated/α-hetero) is 1. The molecule has 1 unspecified atom stereocenters. The van der Waals surface area contributed by atoms with Gasteiger partial charge in [-0.15, -0.1) is 0 Å². The van der Waals surface area contributed by atoms with Crippen LogP contribution in [0.2, 0.25) is 0 Å². The number of nitrogens with one attached hydrogen (secondary N) is 2. The molecule has 2 N–H and O–H groups in total. The third kappa shape index (κ3) is 6.58. The van der Waals surface area contributed by atoms with Gasteiger partial charge in [0, 0.05) is 24.4 Å². The number of rotatable bonds is 8. The van der Waals surface area contributed by atoms with Crippen LogP contribution in [0, 0.1) is 40.4 Å². The topological polar surface area (TPSA) is 119 Å². The van der Waals surface area contributed by atoms with Gasteiger partial charge < -0.3 is 15.5 Å². The highest BCUT2D eigenvalue weighted by Gasteiger charge is 2.53. The fourth-order valence-electron chi connectivity index (χ4n) is 6.74. The third-order valence-electron chi connectivity index (χ3n) is 9.28. The summed E-state index contributed by atoms with van der Waals surface area (Å²) in [6, 6.07) is 0.184. The van der Waals surface area contributed by atoms with E-state index in [2.05, 4.69) is 16.7 Å². The molecule has 0 aromatic rings. The van der Waals surface area contributed by atoms with Gasteiger partial charge in [-0.1, -0.05) is 46.5 Å². The van der Waals surface area contributed by atoms with Crippen molar-refractivity contribution in [2.24, 2.45) is 29.1 Å². The molecule has 4 aliphatic rings. The molecule has 0 bridgehead atoms. The fourth-order valence-corrected chi connectivity index (χ4v) is 6.74. The number of ketones is 1. The van der Waals surface area contributed by atoms with Crippen molar-refractivity contribution in [1.29, 1.82) is 5.26 Å². The van der Waals surface area contributed by atoms with Gasteiger partial charge in [-0.05, 0) is 49.4 Å². The molecule has 216 valence electrons. The van der Waals surface area contributed by atoms with Gasteiger partial charge in [0.1, 0.15) is 12.1 Å². The lowest BCUT2D eigenvalue weighted by Crippen LogP contribution is -2.52. The summed E-state index contributed by atoms with van der Waals surface area (Å²) in [4.78, 5) is 53.0. The predicted octanol–water partition coefficient (Wildman–Crippen LogP) is 3.64. The van der Waals surface area contributed by atoms with Gasteiger partial charge in [0.2, 0.25) is 23.5 Å². The molecule has 3 amide bonds. The average Bonchev–Trinajstić information content (AvgIpc) is 3.22. The van der Waals surface area contributed by atoms with E-state index in [0.29, 0.717) is 18.8 Å². The SMILES string of the molecule is CC(C)(C)[C@H](CC(=O)C(F)(F)F)C(=O)N1C[C@H](C2CCCC2)CC1C(=O)N[C@H](C#N)C[C@@H]1CC2(CC2)NC1=O. The van der Waals surface area contributed by atoms with Crippen molar-refractivity contribution in [3.8, 4) is 6.07 Å². The van der Waals surface area contributed by atoms with Crippen LogP contribution < -0.4 is 10.6 Å². The van der Waals surface area contributed by atoms with E-state index in [1.54, 1.807) is 20.8 Å². The Kier molecular flexibility index (Phi) is 8.08. The molecule has 4 rings (SSSR count). The van der Waals surface area contributed by atoms with Gasteiger partial charge in [-0.25, -0.2) is 0 Å². The summed E-state index contributed by atoms with van der Waals surface area (Å²) in [5, 5.41) is 15.5. The lowest BCUT2D eigenvalue weighted by Gasteiger charge is -2.35. The molecule has 8 nitrogen and oxygen atoms in total. The highest BCUT2D eigenvalue weighted by Crippen LogP contribution is 2.46. The van der Waals surface area contributed by atoms with Crippen LogP contribution in [0.4, 0.5) is 13.2 Å². The first-order valence-corrected chi connectivity index (χ1v) is 14.1. The van der Waals surface area contributed by atoms with E-state index >= 15 is 0 Å². The van der Waals surface area contributed by atoms with Gasteiger partial charge in [0.25, 0.3) is 0 Å². The molecule has 11 heteroatoms. The number of amides is 3. The summed E-state index contributed by atoms with van der Waals surface area (Å²) in [7, 11) is 0. The number of nitriles is 1. The maximum absolute atomic E-state index is 13.8. The molecule has 4 fully saturated rings. The number of carbonyl (C=O) groups excluding carboxylic acids is 4. The van der Waals surface area contributed by atoms with Gasteiger partial charge in [-0.2, -0.15) is 18.4 Å². The molecule has 2 saturated carbocycles. The molecular weight excluding hydrogens is 513 g/mol. The smallest absolute Gasteiger partial charge is 0.350 e. The molecule has 0 radical (unpaired) electrons. The van der Waals surface area contributed by atoms with Gasteiger partial charge >= 0.3 is 6.18 Å². The predicted molar refractivity (Wildman–Crippen MR) is 135 cm³/mol. The Hall–Kier alpha value is -2.64. The van der Waals surface area contributed by atoms with Gasteiger partial charge in [0.05, 0.1) is 12.0 Å². The molecule has 0 aromatic heterocycles. The van der Waals surface area contributed by atoms with Crippen LogP contribution in [0.1, 0.15) is 85.0 Å². The summed E-state index contributed by atoms with van der Waals surface area (Å²) in [5.74, 6) is -4.57. The summed E-state index contributed by atoms with van der Waals surface area (Å²) >= 11 is 0. The molecule has 2 heterocycles. The Balaban J connectivity index is 1.51. The largest absolute Gasteiger partial charge is 0.449 e. The van der Waals surface area contributed by atoms with E-state index in [1.165, 1.54) is 4.90 Å².